The summed E-state index contributed by atoms with van der Waals surface area (Å²) in [5.74, 6) is 0. The van der Waals surface area contributed by atoms with Crippen molar-refractivity contribution < 1.29 is 9.53 Å². The van der Waals surface area contributed by atoms with Gasteiger partial charge < -0.3 is 10.5 Å². The minimum atomic E-state index is -0.725. The fourth-order valence-corrected chi connectivity index (χ4v) is 0.302. The van der Waals surface area contributed by atoms with Gasteiger partial charge in [-0.25, -0.2) is 4.79 Å². The summed E-state index contributed by atoms with van der Waals surface area (Å²) in [7, 11) is 0. The van der Waals surface area contributed by atoms with Gasteiger partial charge >= 0.3 is 6.09 Å². The molecule has 0 rings (SSSR count). The predicted octanol–water partition coefficient (Wildman–Crippen LogP) is 1.72. The maximum Gasteiger partial charge on any atom is 0.405 e. The molecular weight excluding hydrogens is 177 g/mol. The number of amides is 1. The van der Waals surface area contributed by atoms with Crippen molar-refractivity contribution in [3.8, 4) is 0 Å². The predicted molar refractivity (Wildman–Crippen MR) is 44.9 cm³/mol. The summed E-state index contributed by atoms with van der Waals surface area (Å²) in [5.41, 5.74) is 4.26. The van der Waals surface area contributed by atoms with Crippen molar-refractivity contribution in [3.63, 3.8) is 0 Å². The summed E-state index contributed by atoms with van der Waals surface area (Å²) in [4.78, 5) is 10.0. The quantitative estimate of drug-likeness (QED) is 0.632. The highest BCUT2D eigenvalue weighted by Gasteiger charge is 2.12. The second-order valence-corrected chi connectivity index (χ2v) is 2.53. The topological polar surface area (TPSA) is 52.3 Å². The Labute approximate surface area is 73.1 Å². The van der Waals surface area contributed by atoms with Crippen LogP contribution in [0, 0.1) is 0 Å². The zero-order valence-electron chi connectivity index (χ0n) is 6.21. The van der Waals surface area contributed by atoms with Crippen LogP contribution in [0.2, 0.25) is 0 Å². The van der Waals surface area contributed by atoms with E-state index in [0.29, 0.717) is 0 Å². The molecule has 10 heavy (non-hydrogen) atoms. The summed E-state index contributed by atoms with van der Waals surface area (Å²) in [6.07, 6.45) is -0.725. The first-order valence-corrected chi connectivity index (χ1v) is 2.40. The molecule has 0 aliphatic rings. The Hall–Kier alpha value is -0.150. The first-order chi connectivity index (χ1) is 3.42. The molecule has 5 heteroatoms. The van der Waals surface area contributed by atoms with Gasteiger partial charge in [0.2, 0.25) is 0 Å². The van der Waals surface area contributed by atoms with E-state index < -0.39 is 11.7 Å². The smallest absolute Gasteiger partial charge is 0.405 e. The Morgan fingerprint density at radius 1 is 1.30 bits per heavy atom. The van der Waals surface area contributed by atoms with Gasteiger partial charge in [0.25, 0.3) is 0 Å². The molecular formula is C5H13Cl2NO2. The first-order valence-electron chi connectivity index (χ1n) is 2.40. The zero-order chi connectivity index (χ0) is 6.78. The number of primary amides is 1. The van der Waals surface area contributed by atoms with Crippen molar-refractivity contribution in [1.29, 1.82) is 0 Å². The average Bonchev–Trinajstić information content (AvgIpc) is 1.21. The van der Waals surface area contributed by atoms with E-state index in [9.17, 15) is 4.79 Å². The van der Waals surface area contributed by atoms with Crippen molar-refractivity contribution in [2.75, 3.05) is 0 Å². The highest BCUT2D eigenvalue weighted by molar-refractivity contribution is 5.85. The third kappa shape index (κ3) is 15.7. The van der Waals surface area contributed by atoms with Crippen LogP contribution in [-0.4, -0.2) is 11.7 Å². The largest absolute Gasteiger partial charge is 0.444 e. The molecule has 64 valence electrons. The number of carbonyl (C=O) groups excluding carboxylic acids is 1. The van der Waals surface area contributed by atoms with Gasteiger partial charge in [-0.15, -0.1) is 24.8 Å². The van der Waals surface area contributed by atoms with Crippen LogP contribution < -0.4 is 5.73 Å². The Morgan fingerprint density at radius 3 is 1.60 bits per heavy atom. The molecule has 0 aliphatic carbocycles. The standard InChI is InChI=1S/C5H11NO2.2ClH/c1-5(2,3)8-4(6)7;;/h1-3H3,(H2,6,7);2*1H. The third-order valence-corrected chi connectivity index (χ3v) is 0.407. The molecule has 0 fully saturated rings. The number of hydrogen-bond donors (Lipinski definition) is 1. The summed E-state index contributed by atoms with van der Waals surface area (Å²) in [6, 6.07) is 0. The maximum absolute atomic E-state index is 10.0. The van der Waals surface area contributed by atoms with Crippen molar-refractivity contribution in [2.24, 2.45) is 5.73 Å². The second kappa shape index (κ2) is 5.62. The zero-order valence-corrected chi connectivity index (χ0v) is 7.84. The summed E-state index contributed by atoms with van der Waals surface area (Å²) in [6.45, 7) is 5.28. The van der Waals surface area contributed by atoms with Crippen molar-refractivity contribution in [2.45, 2.75) is 26.4 Å². The third-order valence-electron chi connectivity index (χ3n) is 0.407. The molecule has 0 aromatic heterocycles. The lowest BCUT2D eigenvalue weighted by atomic mass is 10.2. The molecule has 0 saturated heterocycles. The van der Waals surface area contributed by atoms with Gasteiger partial charge in [-0.3, -0.25) is 0 Å². The van der Waals surface area contributed by atoms with E-state index in [1.807, 2.05) is 0 Å². The van der Waals surface area contributed by atoms with Gasteiger partial charge in [-0.05, 0) is 20.8 Å². The molecule has 0 heterocycles. The first kappa shape index (κ1) is 16.4. The van der Waals surface area contributed by atoms with Gasteiger partial charge in [0.05, 0.1) is 0 Å². The number of nitrogens with two attached hydrogens (primary N) is 1. The molecule has 3 nitrogen and oxygen atoms in total. The van der Waals surface area contributed by atoms with Crippen molar-refractivity contribution in [3.05, 3.63) is 0 Å². The fraction of sp³-hybridized carbons (Fsp3) is 0.800. The van der Waals surface area contributed by atoms with Crippen molar-refractivity contribution >= 4 is 30.9 Å². The van der Waals surface area contributed by atoms with Gasteiger partial charge in [0.1, 0.15) is 5.60 Å². The lowest BCUT2D eigenvalue weighted by Gasteiger charge is -2.16. The average molecular weight is 190 g/mol. The monoisotopic (exact) mass is 189 g/mol. The molecule has 0 bridgehead atoms. The summed E-state index contributed by atoms with van der Waals surface area (Å²) < 4.78 is 4.58. The molecule has 0 unspecified atom stereocenters. The maximum atomic E-state index is 10.0. The fourth-order valence-electron chi connectivity index (χ4n) is 0.302. The number of halogens is 2. The van der Waals surface area contributed by atoms with Gasteiger partial charge in [-0.1, -0.05) is 0 Å². The van der Waals surface area contributed by atoms with Crippen LogP contribution in [0.25, 0.3) is 0 Å². The van der Waals surface area contributed by atoms with E-state index in [1.165, 1.54) is 0 Å². The van der Waals surface area contributed by atoms with Crippen molar-refractivity contribution in [1.82, 2.24) is 0 Å². The second-order valence-electron chi connectivity index (χ2n) is 2.53. The lowest BCUT2D eigenvalue weighted by molar-refractivity contribution is 0.0600. The van der Waals surface area contributed by atoms with E-state index in [-0.39, 0.29) is 24.8 Å². The van der Waals surface area contributed by atoms with Crippen LogP contribution >= 0.6 is 24.8 Å². The SMILES string of the molecule is CC(C)(C)OC(N)=O.Cl.Cl. The minimum Gasteiger partial charge on any atom is -0.444 e. The van der Waals surface area contributed by atoms with Crippen LogP contribution in [0.4, 0.5) is 4.79 Å². The lowest BCUT2D eigenvalue weighted by Crippen LogP contribution is -2.27. The molecule has 0 atom stereocenters. The minimum absolute atomic E-state index is 0. The highest BCUT2D eigenvalue weighted by atomic mass is 35.5. The Morgan fingerprint density at radius 2 is 1.60 bits per heavy atom. The van der Waals surface area contributed by atoms with Crippen LogP contribution in [0.5, 0.6) is 0 Å². The number of ether oxygens (including phenoxy) is 1. The molecule has 2 N–H and O–H groups in total. The molecule has 1 amide bonds. The Bertz CT molecular complexity index is 100. The molecule has 0 radical (unpaired) electrons. The Kier molecular flexibility index (Phi) is 9.24. The molecule has 0 aliphatic heterocycles. The van der Waals surface area contributed by atoms with E-state index in [2.05, 4.69) is 4.74 Å². The van der Waals surface area contributed by atoms with Crippen LogP contribution in [0.1, 0.15) is 20.8 Å². The normalized spacial score (nSPS) is 8.70. The molecule has 0 aromatic carbocycles. The van der Waals surface area contributed by atoms with E-state index >= 15 is 0 Å². The molecule has 0 aromatic rings. The number of carbonyl (C=O) groups is 1. The molecule has 0 spiro atoms. The van der Waals surface area contributed by atoms with E-state index in [4.69, 9.17) is 5.73 Å². The summed E-state index contributed by atoms with van der Waals surface area (Å²) >= 11 is 0. The van der Waals surface area contributed by atoms with Gasteiger partial charge in [0.15, 0.2) is 0 Å². The van der Waals surface area contributed by atoms with Crippen LogP contribution in [-0.2, 0) is 4.74 Å². The van der Waals surface area contributed by atoms with Gasteiger partial charge in [0, 0.05) is 0 Å². The highest BCUT2D eigenvalue weighted by Crippen LogP contribution is 2.04. The summed E-state index contributed by atoms with van der Waals surface area (Å²) in [5, 5.41) is 0. The number of rotatable bonds is 0. The van der Waals surface area contributed by atoms with E-state index in [1.54, 1.807) is 20.8 Å². The Balaban J connectivity index is -0.000000245. The van der Waals surface area contributed by atoms with E-state index in [0.717, 1.165) is 0 Å². The number of hydrogen-bond acceptors (Lipinski definition) is 2. The van der Waals surface area contributed by atoms with Gasteiger partial charge in [-0.2, -0.15) is 0 Å². The van der Waals surface area contributed by atoms with Crippen LogP contribution in [0.3, 0.4) is 0 Å². The molecule has 0 saturated carbocycles. The van der Waals surface area contributed by atoms with Crippen LogP contribution in [0.15, 0.2) is 0 Å².